The van der Waals surface area contributed by atoms with Crippen molar-refractivity contribution in [3.05, 3.63) is 23.8 Å². The summed E-state index contributed by atoms with van der Waals surface area (Å²) in [5.74, 6) is -0.0729. The number of nitrogen functional groups attached to an aromatic ring is 1. The second-order valence-electron chi connectivity index (χ2n) is 4.88. The van der Waals surface area contributed by atoms with Crippen LogP contribution in [0.5, 0.6) is 0 Å². The number of thioether (sulfide) groups is 1. The highest BCUT2D eigenvalue weighted by atomic mass is 32.2. The zero-order chi connectivity index (χ0) is 13.2. The van der Waals surface area contributed by atoms with Gasteiger partial charge < -0.3 is 10.5 Å². The van der Waals surface area contributed by atoms with E-state index in [1.165, 1.54) is 12.7 Å². The van der Waals surface area contributed by atoms with E-state index in [-0.39, 0.29) is 11.4 Å². The van der Waals surface area contributed by atoms with Crippen LogP contribution in [-0.2, 0) is 16.0 Å². The molecular formula is C14H19NO2S. The lowest BCUT2D eigenvalue weighted by Gasteiger charge is -2.39. The minimum atomic E-state index is -0.291. The predicted octanol–water partition coefficient (Wildman–Crippen LogP) is 2.88. The van der Waals surface area contributed by atoms with Crippen molar-refractivity contribution in [2.75, 3.05) is 19.1 Å². The Bertz CT molecular complexity index is 455. The van der Waals surface area contributed by atoms with Crippen molar-refractivity contribution in [2.45, 2.75) is 30.6 Å². The van der Waals surface area contributed by atoms with Crippen LogP contribution in [0.15, 0.2) is 23.1 Å². The molecule has 0 spiro atoms. The lowest BCUT2D eigenvalue weighted by Crippen LogP contribution is -2.40. The van der Waals surface area contributed by atoms with Crippen molar-refractivity contribution in [1.82, 2.24) is 0 Å². The van der Waals surface area contributed by atoms with Crippen LogP contribution in [0.25, 0.3) is 0 Å². The van der Waals surface area contributed by atoms with Gasteiger partial charge in [-0.1, -0.05) is 12.5 Å². The van der Waals surface area contributed by atoms with Gasteiger partial charge >= 0.3 is 5.97 Å². The number of hydrogen-bond donors (Lipinski definition) is 1. The molecule has 98 valence electrons. The molecule has 0 heterocycles. The highest BCUT2D eigenvalue weighted by Gasteiger charge is 2.45. The minimum absolute atomic E-state index is 0.0729. The first-order chi connectivity index (χ1) is 8.61. The van der Waals surface area contributed by atoms with E-state index in [9.17, 15) is 4.79 Å². The lowest BCUT2D eigenvalue weighted by molar-refractivity contribution is -0.158. The van der Waals surface area contributed by atoms with Gasteiger partial charge in [0, 0.05) is 10.6 Å². The standard InChI is InChI=1S/C14H19NO2S/c1-17-13(16)14(6-3-7-14)9-10-4-5-11(15)12(8-10)18-2/h4-5,8H,3,6-7,9,15H2,1-2H3. The van der Waals surface area contributed by atoms with Crippen molar-refractivity contribution >= 4 is 23.4 Å². The first-order valence-corrected chi connectivity index (χ1v) is 7.34. The van der Waals surface area contributed by atoms with Crippen LogP contribution in [0.4, 0.5) is 5.69 Å². The Hall–Kier alpha value is -1.16. The molecule has 0 amide bonds. The molecule has 2 N–H and O–H groups in total. The fraction of sp³-hybridized carbons (Fsp3) is 0.500. The topological polar surface area (TPSA) is 52.3 Å². The van der Waals surface area contributed by atoms with Gasteiger partial charge in [-0.15, -0.1) is 11.8 Å². The largest absolute Gasteiger partial charge is 0.469 e. The molecular weight excluding hydrogens is 246 g/mol. The zero-order valence-corrected chi connectivity index (χ0v) is 11.7. The van der Waals surface area contributed by atoms with Gasteiger partial charge in [-0.05, 0) is 43.2 Å². The number of ether oxygens (including phenoxy) is 1. The Labute approximate surface area is 112 Å². The third-order valence-corrected chi connectivity index (χ3v) is 4.56. The molecule has 1 aromatic rings. The molecule has 0 unspecified atom stereocenters. The second kappa shape index (κ2) is 5.22. The minimum Gasteiger partial charge on any atom is -0.469 e. The number of benzene rings is 1. The second-order valence-corrected chi connectivity index (χ2v) is 5.73. The van der Waals surface area contributed by atoms with Crippen molar-refractivity contribution in [2.24, 2.45) is 5.41 Å². The number of rotatable bonds is 4. The summed E-state index contributed by atoms with van der Waals surface area (Å²) in [4.78, 5) is 13.0. The molecule has 1 aliphatic carbocycles. The first kappa shape index (κ1) is 13.3. The van der Waals surface area contributed by atoms with E-state index in [1.807, 2.05) is 18.4 Å². The molecule has 1 saturated carbocycles. The van der Waals surface area contributed by atoms with Crippen LogP contribution in [0, 0.1) is 5.41 Å². The van der Waals surface area contributed by atoms with E-state index in [0.717, 1.165) is 36.3 Å². The fourth-order valence-electron chi connectivity index (χ4n) is 2.53. The first-order valence-electron chi connectivity index (χ1n) is 6.12. The molecule has 0 radical (unpaired) electrons. The summed E-state index contributed by atoms with van der Waals surface area (Å²) >= 11 is 1.63. The number of carbonyl (C=O) groups excluding carboxylic acids is 1. The zero-order valence-electron chi connectivity index (χ0n) is 10.9. The maximum absolute atomic E-state index is 11.9. The molecule has 0 aromatic heterocycles. The van der Waals surface area contributed by atoms with E-state index >= 15 is 0 Å². The van der Waals surface area contributed by atoms with Crippen LogP contribution in [0.1, 0.15) is 24.8 Å². The molecule has 2 rings (SSSR count). The summed E-state index contributed by atoms with van der Waals surface area (Å²) in [7, 11) is 1.47. The van der Waals surface area contributed by atoms with Crippen molar-refractivity contribution < 1.29 is 9.53 Å². The SMILES string of the molecule is COC(=O)C1(Cc2ccc(N)c(SC)c2)CCC1. The van der Waals surface area contributed by atoms with Gasteiger partial charge in [0.25, 0.3) is 0 Å². The van der Waals surface area contributed by atoms with Gasteiger partial charge in [-0.3, -0.25) is 4.79 Å². The smallest absolute Gasteiger partial charge is 0.312 e. The van der Waals surface area contributed by atoms with Gasteiger partial charge in [0.1, 0.15) is 0 Å². The number of carbonyl (C=O) groups is 1. The number of nitrogens with two attached hydrogens (primary N) is 1. The number of hydrogen-bond acceptors (Lipinski definition) is 4. The van der Waals surface area contributed by atoms with Gasteiger partial charge in [0.2, 0.25) is 0 Å². The molecule has 4 heteroatoms. The number of esters is 1. The summed E-state index contributed by atoms with van der Waals surface area (Å²) in [6.45, 7) is 0. The molecule has 1 aliphatic rings. The average molecular weight is 265 g/mol. The quantitative estimate of drug-likeness (QED) is 0.516. The Morgan fingerprint density at radius 2 is 2.22 bits per heavy atom. The van der Waals surface area contributed by atoms with Crippen molar-refractivity contribution in [3.63, 3.8) is 0 Å². The predicted molar refractivity (Wildman–Crippen MR) is 74.6 cm³/mol. The average Bonchev–Trinajstić information content (AvgIpc) is 2.34. The third kappa shape index (κ3) is 2.34. The lowest BCUT2D eigenvalue weighted by atomic mass is 9.65. The van der Waals surface area contributed by atoms with Crippen molar-refractivity contribution in [1.29, 1.82) is 0 Å². The van der Waals surface area contributed by atoms with Gasteiger partial charge in [0.05, 0.1) is 12.5 Å². The molecule has 0 aliphatic heterocycles. The summed E-state index contributed by atoms with van der Waals surface area (Å²) < 4.78 is 4.94. The Morgan fingerprint density at radius 1 is 1.50 bits per heavy atom. The molecule has 0 bridgehead atoms. The van der Waals surface area contributed by atoms with Crippen LogP contribution in [0.3, 0.4) is 0 Å². The summed E-state index contributed by atoms with van der Waals surface area (Å²) in [6, 6.07) is 6.02. The highest BCUT2D eigenvalue weighted by molar-refractivity contribution is 7.98. The normalized spacial score (nSPS) is 17.0. The Kier molecular flexibility index (Phi) is 3.85. The van der Waals surface area contributed by atoms with Gasteiger partial charge in [-0.2, -0.15) is 0 Å². The molecule has 3 nitrogen and oxygen atoms in total. The fourth-order valence-corrected chi connectivity index (χ4v) is 3.10. The van der Waals surface area contributed by atoms with Crippen LogP contribution < -0.4 is 5.73 Å². The molecule has 1 aromatic carbocycles. The van der Waals surface area contributed by atoms with Crippen LogP contribution in [-0.4, -0.2) is 19.3 Å². The maximum Gasteiger partial charge on any atom is 0.312 e. The highest BCUT2D eigenvalue weighted by Crippen LogP contribution is 2.45. The van der Waals surface area contributed by atoms with E-state index in [1.54, 1.807) is 11.8 Å². The third-order valence-electron chi connectivity index (χ3n) is 3.77. The molecule has 0 atom stereocenters. The van der Waals surface area contributed by atoms with E-state index in [0.29, 0.717) is 0 Å². The number of anilines is 1. The van der Waals surface area contributed by atoms with E-state index in [4.69, 9.17) is 10.5 Å². The summed E-state index contributed by atoms with van der Waals surface area (Å²) in [6.07, 6.45) is 5.74. The molecule has 1 fully saturated rings. The molecule has 18 heavy (non-hydrogen) atoms. The Morgan fingerprint density at radius 3 is 2.72 bits per heavy atom. The van der Waals surface area contributed by atoms with Crippen LogP contribution >= 0.6 is 11.8 Å². The Balaban J connectivity index is 2.20. The molecule has 0 saturated heterocycles. The number of methoxy groups -OCH3 is 1. The summed E-state index contributed by atoms with van der Waals surface area (Å²) in [5.41, 5.74) is 7.56. The van der Waals surface area contributed by atoms with Gasteiger partial charge in [-0.25, -0.2) is 0 Å². The van der Waals surface area contributed by atoms with E-state index in [2.05, 4.69) is 6.07 Å². The summed E-state index contributed by atoms with van der Waals surface area (Å²) in [5, 5.41) is 0. The van der Waals surface area contributed by atoms with Crippen LogP contribution in [0.2, 0.25) is 0 Å². The monoisotopic (exact) mass is 265 g/mol. The van der Waals surface area contributed by atoms with Gasteiger partial charge in [0.15, 0.2) is 0 Å². The van der Waals surface area contributed by atoms with E-state index < -0.39 is 0 Å². The van der Waals surface area contributed by atoms with Crippen molar-refractivity contribution in [3.8, 4) is 0 Å². The maximum atomic E-state index is 11.9.